The molecule has 4 aliphatic rings. The molecule has 4 aliphatic heterocycles. The Bertz CT molecular complexity index is 1500. The number of hydrogen-bond acceptors (Lipinski definition) is 24. The first-order chi connectivity index (χ1) is 26.4. The minimum atomic E-state index is -5.58. The summed E-state index contributed by atoms with van der Waals surface area (Å²) in [5.41, 5.74) is 0. The number of aliphatic hydroxyl groups excluding tert-OH is 11. The number of hydrogen-bond donors (Lipinski definition) is 11. The van der Waals surface area contributed by atoms with Gasteiger partial charge < -0.3 is 103 Å². The van der Waals surface area contributed by atoms with Gasteiger partial charge in [0.2, 0.25) is 16.7 Å². The molecule has 0 amide bonds. The Labute approximate surface area is 347 Å². The zero-order valence-corrected chi connectivity index (χ0v) is 33.4. The fourth-order valence-electron chi connectivity index (χ4n) is 6.48. The van der Waals surface area contributed by atoms with Crippen molar-refractivity contribution in [3.63, 3.8) is 0 Å². The van der Waals surface area contributed by atoms with Crippen LogP contribution in [0.3, 0.4) is 0 Å². The van der Waals surface area contributed by atoms with Crippen LogP contribution < -0.4 is 39.0 Å². The Morgan fingerprint density at radius 2 is 1.11 bits per heavy atom. The maximum absolute atomic E-state index is 11.6. The minimum absolute atomic E-state index is 0. The van der Waals surface area contributed by atoms with Gasteiger partial charge in [-0.3, -0.25) is 4.18 Å². The molecule has 26 heteroatoms. The van der Waals surface area contributed by atoms with Crippen molar-refractivity contribution in [3.05, 3.63) is 24.3 Å². The zero-order chi connectivity index (χ0) is 41.2. The summed E-state index contributed by atoms with van der Waals surface area (Å²) in [5.74, 6) is 0.669. The maximum atomic E-state index is 11.6. The first-order valence-electron chi connectivity index (χ1n) is 17.2. The van der Waals surface area contributed by atoms with Crippen molar-refractivity contribution in [1.29, 1.82) is 0 Å². The van der Waals surface area contributed by atoms with Crippen molar-refractivity contribution < 1.29 is 146 Å². The number of aliphatic hydroxyl groups is 11. The average Bonchev–Trinajstić information content (AvgIpc) is 3.16. The SMILES string of the molecule is COc1ccc(O[C@@H]2O[C@H](CO[C@@H]3O[C@H](CO)[C@@H](O[C@@H]4O[C@H](CO)[C@H](O)[C@H](OS(=O)(=O)[O-])[C@H]4O)[C@H](O[C@@H]4O[C@@H](C)[C@@H](O)[C@@H](O)[C@@H]4O)[C@H]3O)[C@H](O)[C@H](O)[C@H]2O)cc1.[Na+]. The molecule has 11 N–H and O–H groups in total. The van der Waals surface area contributed by atoms with Gasteiger partial charge in [0.15, 0.2) is 18.9 Å². The summed E-state index contributed by atoms with van der Waals surface area (Å²) in [5, 5.41) is 116. The molecule has 4 fully saturated rings. The normalized spacial score (nSPS) is 44.2. The van der Waals surface area contributed by atoms with Gasteiger partial charge in [-0.25, -0.2) is 8.42 Å². The van der Waals surface area contributed by atoms with Gasteiger partial charge in [-0.1, -0.05) is 0 Å². The van der Waals surface area contributed by atoms with E-state index in [1.165, 1.54) is 26.2 Å². The molecule has 0 unspecified atom stereocenters. The van der Waals surface area contributed by atoms with Crippen molar-refractivity contribution in [2.45, 2.75) is 130 Å². The molecule has 0 saturated carbocycles. The number of methoxy groups -OCH3 is 1. The molecule has 20 atom stereocenters. The standard InChI is InChI=1S/C31H48O24S.Na/c1-10-16(34)19(37)21(39)29(48-10)54-27-24(42)28(47-9-15-17(35)20(38)22(40)30(52-15)49-12-5-3-11(46-2)4-6-12)51-14(8-33)25(27)53-31-23(41)26(55-56(43,44)45)18(36)13(7-32)50-31;/h3-6,10,13-42H,7-9H2,1-2H3,(H,43,44,45);/q;+1/p-1/t10-,13+,14+,15+,16+,17-,18-,19+,20-,21-,22+,23+,24+,25+,26-,27+,28+,29-,30+,31-;/m0./s1. The molecule has 57 heavy (non-hydrogen) atoms. The first kappa shape index (κ1) is 48.6. The summed E-state index contributed by atoms with van der Waals surface area (Å²) in [6.45, 7) is -1.42. The first-order valence-corrected chi connectivity index (χ1v) is 18.6. The third-order valence-corrected chi connectivity index (χ3v) is 10.1. The molecular weight excluding hydrogens is 811 g/mol. The van der Waals surface area contributed by atoms with Crippen LogP contribution in [0.25, 0.3) is 0 Å². The van der Waals surface area contributed by atoms with Crippen LogP contribution in [0, 0.1) is 0 Å². The van der Waals surface area contributed by atoms with Crippen molar-refractivity contribution in [2.24, 2.45) is 0 Å². The predicted molar refractivity (Wildman–Crippen MR) is 172 cm³/mol. The molecule has 1 aromatic rings. The summed E-state index contributed by atoms with van der Waals surface area (Å²) in [4.78, 5) is 0. The van der Waals surface area contributed by atoms with Crippen LogP contribution in [-0.4, -0.2) is 219 Å². The second kappa shape index (κ2) is 20.7. The molecule has 0 aliphatic carbocycles. The Hall–Kier alpha value is -1.03. The van der Waals surface area contributed by atoms with E-state index in [1.807, 2.05) is 0 Å². The van der Waals surface area contributed by atoms with Crippen LogP contribution in [-0.2, 0) is 47.7 Å². The average molecular weight is 859 g/mol. The van der Waals surface area contributed by atoms with Gasteiger partial charge in [-0.2, -0.15) is 0 Å². The predicted octanol–water partition coefficient (Wildman–Crippen LogP) is -10.1. The Kier molecular flexibility index (Phi) is 17.7. The van der Waals surface area contributed by atoms with Crippen molar-refractivity contribution in [1.82, 2.24) is 0 Å². The van der Waals surface area contributed by atoms with Crippen LogP contribution in [0.1, 0.15) is 6.92 Å². The smallest absolute Gasteiger partial charge is 0.726 e. The third kappa shape index (κ3) is 11.3. The van der Waals surface area contributed by atoms with E-state index < -0.39 is 153 Å². The van der Waals surface area contributed by atoms with Gasteiger partial charge in [0, 0.05) is 0 Å². The second-order valence-corrected chi connectivity index (χ2v) is 14.4. The van der Waals surface area contributed by atoms with Crippen molar-refractivity contribution >= 4 is 10.4 Å². The number of benzene rings is 1. The molecule has 322 valence electrons. The van der Waals surface area contributed by atoms with Crippen LogP contribution in [0.5, 0.6) is 11.5 Å². The molecule has 4 saturated heterocycles. The molecular formula is C31H47NaO24S. The summed E-state index contributed by atoms with van der Waals surface area (Å²) in [6.07, 6.45) is -36.7. The fourth-order valence-corrected chi connectivity index (χ4v) is 6.98. The van der Waals surface area contributed by atoms with Crippen LogP contribution >= 0.6 is 0 Å². The molecule has 5 rings (SSSR count). The van der Waals surface area contributed by atoms with E-state index in [1.54, 1.807) is 12.1 Å². The van der Waals surface area contributed by atoms with Crippen molar-refractivity contribution in [2.75, 3.05) is 26.9 Å². The van der Waals surface area contributed by atoms with E-state index in [2.05, 4.69) is 4.18 Å². The topological polar surface area (TPSA) is 372 Å². The van der Waals surface area contributed by atoms with E-state index >= 15 is 0 Å². The molecule has 1 aromatic carbocycles. The summed E-state index contributed by atoms with van der Waals surface area (Å²) < 4.78 is 88.8. The molecule has 0 spiro atoms. The quantitative estimate of drug-likeness (QED) is 0.0470. The van der Waals surface area contributed by atoms with Gasteiger partial charge in [0.05, 0.1) is 33.0 Å². The van der Waals surface area contributed by atoms with E-state index in [4.69, 9.17) is 42.6 Å². The van der Waals surface area contributed by atoms with E-state index in [0.717, 1.165) is 0 Å². The molecule has 4 heterocycles. The Morgan fingerprint density at radius 1 is 0.596 bits per heavy atom. The second-order valence-electron chi connectivity index (χ2n) is 13.4. The third-order valence-electron chi connectivity index (χ3n) is 9.64. The largest absolute Gasteiger partial charge is 1.00 e. The van der Waals surface area contributed by atoms with Crippen molar-refractivity contribution in [3.8, 4) is 11.5 Å². The molecule has 0 bridgehead atoms. The molecule has 24 nitrogen and oxygen atoms in total. The zero-order valence-electron chi connectivity index (χ0n) is 30.6. The van der Waals surface area contributed by atoms with Crippen LogP contribution in [0.2, 0.25) is 0 Å². The summed E-state index contributed by atoms with van der Waals surface area (Å²) in [6, 6.07) is 6.05. The Morgan fingerprint density at radius 3 is 1.70 bits per heavy atom. The van der Waals surface area contributed by atoms with E-state index in [-0.39, 0.29) is 35.3 Å². The summed E-state index contributed by atoms with van der Waals surface area (Å²) >= 11 is 0. The monoisotopic (exact) mass is 858 g/mol. The van der Waals surface area contributed by atoms with Crippen LogP contribution in [0.4, 0.5) is 0 Å². The maximum Gasteiger partial charge on any atom is 1.00 e. The minimum Gasteiger partial charge on any atom is -0.726 e. The van der Waals surface area contributed by atoms with Crippen LogP contribution in [0.15, 0.2) is 24.3 Å². The van der Waals surface area contributed by atoms with Gasteiger partial charge >= 0.3 is 29.6 Å². The number of rotatable bonds is 14. The van der Waals surface area contributed by atoms with Gasteiger partial charge in [0.25, 0.3) is 0 Å². The molecule has 0 radical (unpaired) electrons. The van der Waals surface area contributed by atoms with E-state index in [9.17, 15) is 69.1 Å². The Balaban J connectivity index is 0.00000720. The van der Waals surface area contributed by atoms with Gasteiger partial charge in [-0.05, 0) is 31.2 Å². The van der Waals surface area contributed by atoms with Gasteiger partial charge in [0.1, 0.15) is 103 Å². The number of ether oxygens (including phenoxy) is 9. The van der Waals surface area contributed by atoms with Gasteiger partial charge in [-0.15, -0.1) is 0 Å². The fraction of sp³-hybridized carbons (Fsp3) is 0.806. The molecule has 0 aromatic heterocycles. The summed E-state index contributed by atoms with van der Waals surface area (Å²) in [7, 11) is -4.13. The van der Waals surface area contributed by atoms with E-state index in [0.29, 0.717) is 5.75 Å².